The molecule has 3 amide bonds. The van der Waals surface area contributed by atoms with Gasteiger partial charge in [-0.05, 0) is 50.5 Å². The molecule has 1 saturated heterocycles. The Hall–Kier alpha value is -1.46. The van der Waals surface area contributed by atoms with Crippen LogP contribution < -0.4 is 10.6 Å². The summed E-state index contributed by atoms with van der Waals surface area (Å²) in [7, 11) is 0. The highest BCUT2D eigenvalue weighted by atomic mass is 35.5. The number of halogens is 2. The zero-order chi connectivity index (χ0) is 18.1. The first kappa shape index (κ1) is 18.3. The number of nitrogens with zero attached hydrogens (tertiary/aromatic N) is 1. The molecule has 2 fully saturated rings. The Balaban J connectivity index is 1.55. The molecule has 0 bridgehead atoms. The molecule has 1 aliphatic carbocycles. The molecule has 0 aromatic heterocycles. The Labute approximate surface area is 158 Å². The van der Waals surface area contributed by atoms with E-state index >= 15 is 0 Å². The highest BCUT2D eigenvalue weighted by Gasteiger charge is 2.67. The summed E-state index contributed by atoms with van der Waals surface area (Å²) in [5.74, 6) is -0.196. The number of hydrogen-bond acceptors (Lipinski definition) is 2. The van der Waals surface area contributed by atoms with E-state index in [1.54, 1.807) is 31.2 Å². The number of rotatable bonds is 3. The Bertz CT molecular complexity index is 655. The van der Waals surface area contributed by atoms with Gasteiger partial charge in [-0.25, -0.2) is 4.79 Å². The van der Waals surface area contributed by atoms with Crippen molar-refractivity contribution in [3.8, 4) is 0 Å². The summed E-state index contributed by atoms with van der Waals surface area (Å²) in [6, 6.07) is 6.99. The average Bonchev–Trinajstić information content (AvgIpc) is 3.20. The first-order chi connectivity index (χ1) is 11.8. The maximum Gasteiger partial charge on any atom is 0.321 e. The van der Waals surface area contributed by atoms with Crippen molar-refractivity contribution >= 4 is 46.5 Å². The minimum Gasteiger partial charge on any atom is -0.326 e. The third-order valence-electron chi connectivity index (χ3n) is 5.05. The molecule has 7 heteroatoms. The molecule has 0 radical (unpaired) electrons. The summed E-state index contributed by atoms with van der Waals surface area (Å²) >= 11 is 12.1. The minimum atomic E-state index is -0.988. The van der Waals surface area contributed by atoms with Crippen molar-refractivity contribution in [3.63, 3.8) is 0 Å². The maximum atomic E-state index is 12.3. The quantitative estimate of drug-likeness (QED) is 0.748. The van der Waals surface area contributed by atoms with Gasteiger partial charge in [0.1, 0.15) is 4.33 Å². The van der Waals surface area contributed by atoms with Gasteiger partial charge in [0.05, 0.1) is 5.41 Å². The standard InChI is InChI=1S/C18H23Cl2N3O2/c1-17(12-18(17,19)20)15(24)21-13-6-8-14(9-7-13)22-16(25)23-10-4-2-3-5-11-23/h6-9H,2-5,10-12H2,1H3,(H,21,24)(H,22,25)/t17-/m0/s1. The number of urea groups is 1. The van der Waals surface area contributed by atoms with Gasteiger partial charge < -0.3 is 15.5 Å². The van der Waals surface area contributed by atoms with Gasteiger partial charge in [0.15, 0.2) is 0 Å². The van der Waals surface area contributed by atoms with Crippen LogP contribution in [0.15, 0.2) is 24.3 Å². The van der Waals surface area contributed by atoms with Crippen LogP contribution in [0, 0.1) is 5.41 Å². The number of benzene rings is 1. The lowest BCUT2D eigenvalue weighted by Crippen LogP contribution is -2.35. The molecule has 1 aromatic carbocycles. The SMILES string of the molecule is C[C@@]1(C(=O)Nc2ccc(NC(=O)N3CCCCCC3)cc2)CC1(Cl)Cl. The zero-order valence-corrected chi connectivity index (χ0v) is 15.8. The molecule has 1 atom stereocenters. The molecule has 0 spiro atoms. The number of anilines is 2. The van der Waals surface area contributed by atoms with Gasteiger partial charge in [0.2, 0.25) is 5.91 Å². The first-order valence-electron chi connectivity index (χ1n) is 8.67. The van der Waals surface area contributed by atoms with Crippen LogP contribution in [0.5, 0.6) is 0 Å². The normalized spacial score (nSPS) is 25.0. The second kappa shape index (κ2) is 7.04. The van der Waals surface area contributed by atoms with E-state index in [-0.39, 0.29) is 11.9 Å². The summed E-state index contributed by atoms with van der Waals surface area (Å²) in [6.07, 6.45) is 4.92. The van der Waals surface area contributed by atoms with Crippen molar-refractivity contribution in [2.45, 2.75) is 43.4 Å². The molecule has 25 heavy (non-hydrogen) atoms. The summed E-state index contributed by atoms with van der Waals surface area (Å²) in [5, 5.41) is 5.73. The van der Waals surface area contributed by atoms with Crippen molar-refractivity contribution in [2.75, 3.05) is 23.7 Å². The predicted molar refractivity (Wildman–Crippen MR) is 101 cm³/mol. The largest absolute Gasteiger partial charge is 0.326 e. The van der Waals surface area contributed by atoms with E-state index in [0.717, 1.165) is 25.9 Å². The van der Waals surface area contributed by atoms with E-state index in [9.17, 15) is 9.59 Å². The lowest BCUT2D eigenvalue weighted by Gasteiger charge is -2.21. The number of likely N-dealkylation sites (tertiary alicyclic amines) is 1. The highest BCUT2D eigenvalue weighted by molar-refractivity contribution is 6.53. The Morgan fingerprint density at radius 3 is 1.92 bits per heavy atom. The van der Waals surface area contributed by atoms with Gasteiger partial charge in [0, 0.05) is 24.5 Å². The van der Waals surface area contributed by atoms with Crippen LogP contribution in [-0.4, -0.2) is 34.3 Å². The van der Waals surface area contributed by atoms with E-state index in [1.165, 1.54) is 12.8 Å². The van der Waals surface area contributed by atoms with Crippen molar-refractivity contribution in [2.24, 2.45) is 5.41 Å². The summed E-state index contributed by atoms with van der Waals surface area (Å²) in [4.78, 5) is 26.4. The molecule has 1 aliphatic heterocycles. The van der Waals surface area contributed by atoms with Crippen LogP contribution in [0.1, 0.15) is 39.0 Å². The Morgan fingerprint density at radius 1 is 0.960 bits per heavy atom. The zero-order valence-electron chi connectivity index (χ0n) is 14.3. The van der Waals surface area contributed by atoms with Crippen molar-refractivity contribution in [3.05, 3.63) is 24.3 Å². The van der Waals surface area contributed by atoms with Crippen LogP contribution in [0.2, 0.25) is 0 Å². The van der Waals surface area contributed by atoms with Gasteiger partial charge in [-0.3, -0.25) is 4.79 Å². The molecule has 1 aromatic rings. The Kier molecular flexibility index (Phi) is 5.16. The van der Waals surface area contributed by atoms with Gasteiger partial charge in [-0.15, -0.1) is 23.2 Å². The topological polar surface area (TPSA) is 61.4 Å². The predicted octanol–water partition coefficient (Wildman–Crippen LogP) is 4.62. The van der Waals surface area contributed by atoms with Crippen LogP contribution in [-0.2, 0) is 4.79 Å². The Morgan fingerprint density at radius 2 is 1.44 bits per heavy atom. The van der Waals surface area contributed by atoms with E-state index in [1.807, 2.05) is 4.90 Å². The fraction of sp³-hybridized carbons (Fsp3) is 0.556. The van der Waals surface area contributed by atoms with Gasteiger partial charge in [-0.2, -0.15) is 0 Å². The smallest absolute Gasteiger partial charge is 0.321 e. The second-order valence-corrected chi connectivity index (χ2v) is 8.56. The molecule has 0 unspecified atom stereocenters. The third kappa shape index (κ3) is 4.04. The van der Waals surface area contributed by atoms with E-state index < -0.39 is 9.75 Å². The van der Waals surface area contributed by atoms with Crippen molar-refractivity contribution in [1.29, 1.82) is 0 Å². The molecule has 1 heterocycles. The number of carbonyl (C=O) groups excluding carboxylic acids is 2. The lowest BCUT2D eigenvalue weighted by atomic mass is 10.1. The molecular formula is C18H23Cl2N3O2. The number of hydrogen-bond donors (Lipinski definition) is 2. The molecule has 2 N–H and O–H groups in total. The fourth-order valence-corrected chi connectivity index (χ4v) is 3.73. The van der Waals surface area contributed by atoms with Crippen LogP contribution >= 0.6 is 23.2 Å². The van der Waals surface area contributed by atoms with E-state index in [4.69, 9.17) is 23.2 Å². The number of carbonyl (C=O) groups is 2. The van der Waals surface area contributed by atoms with Crippen LogP contribution in [0.4, 0.5) is 16.2 Å². The van der Waals surface area contributed by atoms with Crippen molar-refractivity contribution < 1.29 is 9.59 Å². The average molecular weight is 384 g/mol. The molecule has 136 valence electrons. The van der Waals surface area contributed by atoms with Crippen LogP contribution in [0.3, 0.4) is 0 Å². The maximum absolute atomic E-state index is 12.3. The monoisotopic (exact) mass is 383 g/mol. The number of amides is 3. The summed E-state index contributed by atoms with van der Waals surface area (Å²) < 4.78 is -0.988. The molecule has 5 nitrogen and oxygen atoms in total. The highest BCUT2D eigenvalue weighted by Crippen LogP contribution is 2.64. The van der Waals surface area contributed by atoms with Crippen molar-refractivity contribution in [1.82, 2.24) is 4.90 Å². The van der Waals surface area contributed by atoms with Gasteiger partial charge >= 0.3 is 6.03 Å². The second-order valence-electron chi connectivity index (χ2n) is 7.08. The fourth-order valence-electron chi connectivity index (χ4n) is 3.03. The molecule has 1 saturated carbocycles. The molecular weight excluding hydrogens is 361 g/mol. The van der Waals surface area contributed by atoms with Crippen LogP contribution in [0.25, 0.3) is 0 Å². The summed E-state index contributed by atoms with van der Waals surface area (Å²) in [5.41, 5.74) is 0.597. The lowest BCUT2D eigenvalue weighted by molar-refractivity contribution is -0.120. The van der Waals surface area contributed by atoms with Gasteiger partial charge in [-0.1, -0.05) is 12.8 Å². The minimum absolute atomic E-state index is 0.0711. The summed E-state index contributed by atoms with van der Waals surface area (Å²) in [6.45, 7) is 3.35. The molecule has 2 aliphatic rings. The molecule has 3 rings (SSSR count). The van der Waals surface area contributed by atoms with E-state index in [2.05, 4.69) is 10.6 Å². The number of nitrogens with one attached hydrogen (secondary N) is 2. The first-order valence-corrected chi connectivity index (χ1v) is 9.43. The number of alkyl halides is 2. The third-order valence-corrected chi connectivity index (χ3v) is 6.15. The van der Waals surface area contributed by atoms with E-state index in [0.29, 0.717) is 17.8 Å². The van der Waals surface area contributed by atoms with Gasteiger partial charge in [0.25, 0.3) is 0 Å².